The van der Waals surface area contributed by atoms with Gasteiger partial charge in [0.25, 0.3) is 0 Å². The van der Waals surface area contributed by atoms with E-state index >= 15 is 0 Å². The third-order valence-corrected chi connectivity index (χ3v) is 7.46. The quantitative estimate of drug-likeness (QED) is 0.402. The number of esters is 1. The van der Waals surface area contributed by atoms with E-state index in [1.807, 2.05) is 68.4 Å². The van der Waals surface area contributed by atoms with Crippen molar-refractivity contribution in [3.05, 3.63) is 94.5 Å². The summed E-state index contributed by atoms with van der Waals surface area (Å²) >= 11 is 1.73. The highest BCUT2D eigenvalue weighted by molar-refractivity contribution is 7.99. The molecule has 1 unspecified atom stereocenters. The molecule has 0 radical (unpaired) electrons. The molecule has 4 nitrogen and oxygen atoms in total. The molecule has 0 bridgehead atoms. The Kier molecular flexibility index (Phi) is 8.56. The van der Waals surface area contributed by atoms with Crippen LogP contribution < -0.4 is 4.74 Å². The van der Waals surface area contributed by atoms with Gasteiger partial charge < -0.3 is 9.47 Å². The molecule has 0 fully saturated rings. The van der Waals surface area contributed by atoms with E-state index in [-0.39, 0.29) is 11.8 Å². The fraction of sp³-hybridized carbons (Fsp3) is 0.310. The van der Waals surface area contributed by atoms with Gasteiger partial charge in [-0.1, -0.05) is 48.5 Å². The van der Waals surface area contributed by atoms with Gasteiger partial charge in [0, 0.05) is 16.2 Å². The van der Waals surface area contributed by atoms with E-state index < -0.39 is 5.41 Å². The lowest BCUT2D eigenvalue weighted by Crippen LogP contribution is -2.38. The molecule has 4 rings (SSSR count). The van der Waals surface area contributed by atoms with Gasteiger partial charge in [-0.25, -0.2) is 0 Å². The number of hydrogen-bond acceptors (Lipinski definition) is 5. The summed E-state index contributed by atoms with van der Waals surface area (Å²) in [7, 11) is 1.65. The van der Waals surface area contributed by atoms with E-state index in [4.69, 9.17) is 9.47 Å². The zero-order chi connectivity index (χ0) is 24.7. The average molecular weight is 477 g/mol. The third kappa shape index (κ3) is 5.71. The van der Waals surface area contributed by atoms with Gasteiger partial charge in [0.15, 0.2) is 5.78 Å². The normalized spacial score (nSPS) is 16.7. The number of aryl methyl sites for hydroxylation is 2. The molecule has 1 aliphatic rings. The van der Waals surface area contributed by atoms with Crippen molar-refractivity contribution in [3.8, 4) is 5.75 Å². The van der Waals surface area contributed by atoms with Gasteiger partial charge in [-0.05, 0) is 68.1 Å². The van der Waals surface area contributed by atoms with Crippen molar-refractivity contribution >= 4 is 23.5 Å². The molecule has 178 valence electrons. The predicted octanol–water partition coefficient (Wildman–Crippen LogP) is 6.35. The van der Waals surface area contributed by atoms with Crippen LogP contribution in [0.25, 0.3) is 0 Å². The van der Waals surface area contributed by atoms with E-state index in [0.29, 0.717) is 13.0 Å². The van der Waals surface area contributed by atoms with Crippen molar-refractivity contribution in [2.24, 2.45) is 0 Å². The van der Waals surface area contributed by atoms with Crippen molar-refractivity contribution in [1.29, 1.82) is 0 Å². The number of rotatable bonds is 5. The van der Waals surface area contributed by atoms with Crippen LogP contribution in [0.4, 0.5) is 0 Å². The average Bonchev–Trinajstić information content (AvgIpc) is 2.83. The SMILES string of the molecule is CCOC(=O)Cc1ccccc1C.COc1ccc2c(c1)SCC(C)(c1ccccc1C)C2=O. The molecule has 34 heavy (non-hydrogen) atoms. The van der Waals surface area contributed by atoms with Gasteiger partial charge in [-0.3, -0.25) is 9.59 Å². The second kappa shape index (κ2) is 11.4. The maximum absolute atomic E-state index is 13.0. The van der Waals surface area contributed by atoms with Gasteiger partial charge >= 0.3 is 5.97 Å². The molecule has 5 heteroatoms. The van der Waals surface area contributed by atoms with Crippen molar-refractivity contribution in [1.82, 2.24) is 0 Å². The smallest absolute Gasteiger partial charge is 0.310 e. The molecule has 3 aromatic rings. The molecule has 0 saturated heterocycles. The highest BCUT2D eigenvalue weighted by Crippen LogP contribution is 2.43. The standard InChI is InChI=1S/C18H18O2S.C11H14O2/c1-12-6-4-5-7-15(12)18(2)11-21-16-10-13(20-3)8-9-14(16)17(18)19;1-3-13-11(12)8-10-7-5-4-6-9(10)2/h4-10H,11H2,1-3H3;4-7H,3,8H2,1-2H3. The van der Waals surface area contributed by atoms with Crippen LogP contribution in [0, 0.1) is 13.8 Å². The van der Waals surface area contributed by atoms with Crippen LogP contribution in [0.2, 0.25) is 0 Å². The number of carbonyl (C=O) groups excluding carboxylic acids is 2. The molecule has 0 spiro atoms. The molecule has 3 aromatic carbocycles. The Morgan fingerprint density at radius 2 is 1.68 bits per heavy atom. The van der Waals surface area contributed by atoms with Crippen LogP contribution in [0.1, 0.15) is 46.5 Å². The minimum absolute atomic E-state index is 0.156. The summed E-state index contributed by atoms with van der Waals surface area (Å²) < 4.78 is 10.1. The predicted molar refractivity (Wildman–Crippen MR) is 138 cm³/mol. The summed E-state index contributed by atoms with van der Waals surface area (Å²) in [6.45, 7) is 8.38. The second-order valence-corrected chi connectivity index (χ2v) is 9.55. The lowest BCUT2D eigenvalue weighted by molar-refractivity contribution is -0.142. The molecule has 0 saturated carbocycles. The zero-order valence-corrected chi connectivity index (χ0v) is 21.3. The number of fused-ring (bicyclic) bond motifs is 1. The lowest BCUT2D eigenvalue weighted by Gasteiger charge is -2.34. The molecule has 1 heterocycles. The number of ether oxygens (including phenoxy) is 2. The maximum Gasteiger partial charge on any atom is 0.310 e. The fourth-order valence-corrected chi connectivity index (χ4v) is 5.34. The molecule has 0 amide bonds. The molecule has 0 aromatic heterocycles. The first-order valence-electron chi connectivity index (χ1n) is 11.4. The van der Waals surface area contributed by atoms with Crippen LogP contribution in [-0.4, -0.2) is 31.2 Å². The largest absolute Gasteiger partial charge is 0.497 e. The molecule has 1 aliphatic heterocycles. The summed E-state index contributed by atoms with van der Waals surface area (Å²) in [6, 6.07) is 21.7. The van der Waals surface area contributed by atoms with Gasteiger partial charge in [0.2, 0.25) is 0 Å². The van der Waals surface area contributed by atoms with Crippen LogP contribution >= 0.6 is 11.8 Å². The molecular formula is C29H32O4S. The lowest BCUT2D eigenvalue weighted by atomic mass is 9.75. The summed E-state index contributed by atoms with van der Waals surface area (Å²) in [5, 5.41) is 0. The van der Waals surface area contributed by atoms with Crippen molar-refractivity contribution in [2.45, 2.75) is 44.4 Å². The maximum atomic E-state index is 13.0. The number of carbonyl (C=O) groups is 2. The van der Waals surface area contributed by atoms with Crippen molar-refractivity contribution in [3.63, 3.8) is 0 Å². The Balaban J connectivity index is 0.000000215. The minimum Gasteiger partial charge on any atom is -0.497 e. The van der Waals surface area contributed by atoms with E-state index in [0.717, 1.165) is 38.7 Å². The Bertz CT molecular complexity index is 1170. The van der Waals surface area contributed by atoms with Crippen LogP contribution in [-0.2, 0) is 21.4 Å². The number of benzene rings is 3. The van der Waals surface area contributed by atoms with Crippen LogP contribution in [0.15, 0.2) is 71.6 Å². The van der Waals surface area contributed by atoms with Gasteiger partial charge in [-0.15, -0.1) is 11.8 Å². The Morgan fingerprint density at radius 3 is 2.32 bits per heavy atom. The number of methoxy groups -OCH3 is 1. The fourth-order valence-electron chi connectivity index (χ4n) is 4.09. The molecular weight excluding hydrogens is 444 g/mol. The highest BCUT2D eigenvalue weighted by atomic mass is 32.2. The summed E-state index contributed by atoms with van der Waals surface area (Å²) in [5.74, 6) is 1.61. The summed E-state index contributed by atoms with van der Waals surface area (Å²) in [5.41, 5.74) is 4.82. The summed E-state index contributed by atoms with van der Waals surface area (Å²) in [6.07, 6.45) is 0.376. The van der Waals surface area contributed by atoms with Gasteiger partial charge in [0.1, 0.15) is 5.75 Å². The van der Waals surface area contributed by atoms with Crippen LogP contribution in [0.5, 0.6) is 5.75 Å². The van der Waals surface area contributed by atoms with Gasteiger partial charge in [0.05, 0.1) is 25.6 Å². The van der Waals surface area contributed by atoms with E-state index in [2.05, 4.69) is 26.0 Å². The zero-order valence-electron chi connectivity index (χ0n) is 20.5. The van der Waals surface area contributed by atoms with Crippen molar-refractivity contribution in [2.75, 3.05) is 19.5 Å². The Morgan fingerprint density at radius 1 is 1.00 bits per heavy atom. The third-order valence-electron chi connectivity index (χ3n) is 6.09. The number of ketones is 1. The topological polar surface area (TPSA) is 52.6 Å². The van der Waals surface area contributed by atoms with E-state index in [1.54, 1.807) is 18.9 Å². The Hall–Kier alpha value is -3.05. The number of hydrogen-bond donors (Lipinski definition) is 0. The first-order chi connectivity index (χ1) is 16.3. The monoisotopic (exact) mass is 476 g/mol. The molecule has 0 N–H and O–H groups in total. The summed E-state index contributed by atoms with van der Waals surface area (Å²) in [4.78, 5) is 25.2. The van der Waals surface area contributed by atoms with Crippen LogP contribution in [0.3, 0.4) is 0 Å². The number of thioether (sulfide) groups is 1. The minimum atomic E-state index is -0.461. The Labute approximate surface area is 206 Å². The van der Waals surface area contributed by atoms with Gasteiger partial charge in [-0.2, -0.15) is 0 Å². The van der Waals surface area contributed by atoms with Crippen molar-refractivity contribution < 1.29 is 19.1 Å². The highest BCUT2D eigenvalue weighted by Gasteiger charge is 2.41. The second-order valence-electron chi connectivity index (χ2n) is 8.54. The molecule has 1 atom stereocenters. The van der Waals surface area contributed by atoms with E-state index in [1.165, 1.54) is 5.56 Å². The number of Topliss-reactive ketones (excluding diaryl/α,β-unsaturated/α-hetero) is 1. The van der Waals surface area contributed by atoms with E-state index in [9.17, 15) is 9.59 Å². The first kappa shape index (κ1) is 25.6. The first-order valence-corrected chi connectivity index (χ1v) is 12.4. The molecule has 0 aliphatic carbocycles.